The lowest BCUT2D eigenvalue weighted by atomic mass is 10.2. The second-order valence-corrected chi connectivity index (χ2v) is 8.48. The molecule has 76 valence electrons. The first-order chi connectivity index (χ1) is 6.27. The van der Waals surface area contributed by atoms with Gasteiger partial charge in [-0.25, -0.2) is 0 Å². The van der Waals surface area contributed by atoms with Gasteiger partial charge >= 0.3 is 0 Å². The van der Waals surface area contributed by atoms with E-state index in [1.165, 1.54) is 44.2 Å². The average molecular weight is 198 g/mol. The fraction of sp³-hybridized carbons (Fsp3) is 0.818. The largest absolute Gasteiger partial charge is 0.417 e. The molecule has 1 atom stereocenters. The summed E-state index contributed by atoms with van der Waals surface area (Å²) in [5.41, 5.74) is 0. The molecule has 13 heavy (non-hydrogen) atoms. The van der Waals surface area contributed by atoms with Gasteiger partial charge in [-0.15, -0.1) is 6.58 Å². The van der Waals surface area contributed by atoms with Crippen molar-refractivity contribution < 1.29 is 4.43 Å². The predicted octanol–water partition coefficient (Wildman–Crippen LogP) is 3.73. The fourth-order valence-corrected chi connectivity index (χ4v) is 5.15. The van der Waals surface area contributed by atoms with E-state index in [1.54, 1.807) is 0 Å². The van der Waals surface area contributed by atoms with E-state index in [0.29, 0.717) is 0 Å². The van der Waals surface area contributed by atoms with Crippen molar-refractivity contribution in [2.24, 2.45) is 0 Å². The van der Waals surface area contributed by atoms with Gasteiger partial charge < -0.3 is 4.43 Å². The van der Waals surface area contributed by atoms with Crippen molar-refractivity contribution in [2.45, 2.75) is 50.7 Å². The van der Waals surface area contributed by atoms with Gasteiger partial charge in [0.2, 0.25) is 0 Å². The molecule has 1 nitrogen and oxygen atoms in total. The molecule has 0 aromatic carbocycles. The van der Waals surface area contributed by atoms with Gasteiger partial charge in [0.05, 0.1) is 0 Å². The molecule has 0 bridgehead atoms. The molecular formula is C11H22OSi. The van der Waals surface area contributed by atoms with E-state index in [9.17, 15) is 0 Å². The summed E-state index contributed by atoms with van der Waals surface area (Å²) in [6.07, 6.45) is 8.53. The van der Waals surface area contributed by atoms with E-state index < -0.39 is 8.32 Å². The molecule has 1 aliphatic heterocycles. The van der Waals surface area contributed by atoms with Crippen LogP contribution in [-0.2, 0) is 4.43 Å². The maximum absolute atomic E-state index is 5.96. The van der Waals surface area contributed by atoms with Crippen LogP contribution in [0.1, 0.15) is 32.1 Å². The number of hydrogen-bond acceptors (Lipinski definition) is 1. The third-order valence-electron chi connectivity index (χ3n) is 2.91. The summed E-state index contributed by atoms with van der Waals surface area (Å²) in [4.78, 5) is 0. The molecule has 1 unspecified atom stereocenters. The minimum Gasteiger partial charge on any atom is -0.417 e. The third kappa shape index (κ3) is 4.10. The van der Waals surface area contributed by atoms with E-state index in [4.69, 9.17) is 4.43 Å². The highest BCUT2D eigenvalue weighted by molar-refractivity contribution is 6.72. The smallest absolute Gasteiger partial charge is 0.189 e. The Kier molecular flexibility index (Phi) is 4.74. The number of rotatable bonds is 5. The van der Waals surface area contributed by atoms with Crippen LogP contribution < -0.4 is 0 Å². The monoisotopic (exact) mass is 198 g/mol. The van der Waals surface area contributed by atoms with Gasteiger partial charge in [0.25, 0.3) is 0 Å². The lowest BCUT2D eigenvalue weighted by Crippen LogP contribution is -2.37. The Labute approximate surface area is 83.3 Å². The van der Waals surface area contributed by atoms with Gasteiger partial charge in [0, 0.05) is 6.61 Å². The molecule has 0 spiro atoms. The predicted molar refractivity (Wildman–Crippen MR) is 60.5 cm³/mol. The van der Waals surface area contributed by atoms with Gasteiger partial charge in [-0.2, -0.15) is 0 Å². The summed E-state index contributed by atoms with van der Waals surface area (Å²) in [5, 5.41) is 0. The molecule has 0 saturated carbocycles. The molecule has 0 amide bonds. The third-order valence-corrected chi connectivity index (χ3v) is 6.64. The summed E-state index contributed by atoms with van der Waals surface area (Å²) in [5.74, 6) is 0. The minimum absolute atomic E-state index is 1.03. The first-order valence-corrected chi connectivity index (χ1v) is 8.34. The molecule has 0 aliphatic carbocycles. The first-order valence-electron chi connectivity index (χ1n) is 5.52. The highest BCUT2D eigenvalue weighted by atomic mass is 28.4. The van der Waals surface area contributed by atoms with Crippen LogP contribution in [-0.4, -0.2) is 14.9 Å². The lowest BCUT2D eigenvalue weighted by Gasteiger charge is -2.31. The molecule has 0 N–H and O–H groups in total. The average Bonchev–Trinajstić information content (AvgIpc) is 2.14. The second kappa shape index (κ2) is 5.61. The van der Waals surface area contributed by atoms with E-state index >= 15 is 0 Å². The number of hydrogen-bond donors (Lipinski definition) is 0. The van der Waals surface area contributed by atoms with Crippen molar-refractivity contribution in [3.8, 4) is 0 Å². The molecule has 0 aromatic rings. The molecule has 1 rings (SSSR count). The van der Waals surface area contributed by atoms with Crippen LogP contribution >= 0.6 is 0 Å². The standard InChI is InChI=1S/C11H22OSi/c1-3-4-5-7-10-13(2)11-8-6-9-12-13/h3H,1,4-11H2,2H3. The SMILES string of the molecule is C=CCCCC[Si]1(C)CCCCO1. The highest BCUT2D eigenvalue weighted by Crippen LogP contribution is 2.27. The Hall–Kier alpha value is -0.0831. The van der Waals surface area contributed by atoms with Crippen molar-refractivity contribution in [1.29, 1.82) is 0 Å². The van der Waals surface area contributed by atoms with Gasteiger partial charge in [-0.3, -0.25) is 0 Å². The molecule has 1 saturated heterocycles. The molecule has 0 radical (unpaired) electrons. The first kappa shape index (κ1) is 11.0. The zero-order valence-electron chi connectivity index (χ0n) is 8.85. The Morgan fingerprint density at radius 2 is 2.23 bits per heavy atom. The van der Waals surface area contributed by atoms with E-state index in [2.05, 4.69) is 13.1 Å². The topological polar surface area (TPSA) is 9.23 Å². The molecule has 1 fully saturated rings. The zero-order chi connectivity index (χ0) is 9.57. The zero-order valence-corrected chi connectivity index (χ0v) is 9.85. The summed E-state index contributed by atoms with van der Waals surface area (Å²) in [6.45, 7) is 7.18. The molecule has 0 aromatic heterocycles. The van der Waals surface area contributed by atoms with Crippen LogP contribution in [0, 0.1) is 0 Å². The van der Waals surface area contributed by atoms with Crippen LogP contribution in [0.2, 0.25) is 18.6 Å². The van der Waals surface area contributed by atoms with Crippen LogP contribution in [0.15, 0.2) is 12.7 Å². The lowest BCUT2D eigenvalue weighted by molar-refractivity contribution is 0.269. The van der Waals surface area contributed by atoms with Crippen molar-refractivity contribution in [3.05, 3.63) is 12.7 Å². The van der Waals surface area contributed by atoms with Crippen LogP contribution in [0.3, 0.4) is 0 Å². The van der Waals surface area contributed by atoms with Crippen LogP contribution in [0.4, 0.5) is 0 Å². The van der Waals surface area contributed by atoms with Gasteiger partial charge in [-0.05, 0) is 31.5 Å². The summed E-state index contributed by atoms with van der Waals surface area (Å²) < 4.78 is 5.96. The Balaban J connectivity index is 2.13. The van der Waals surface area contributed by atoms with E-state index in [0.717, 1.165) is 6.61 Å². The van der Waals surface area contributed by atoms with E-state index in [1.807, 2.05) is 6.08 Å². The highest BCUT2D eigenvalue weighted by Gasteiger charge is 2.30. The Bertz CT molecular complexity index is 150. The molecular weight excluding hydrogens is 176 g/mol. The van der Waals surface area contributed by atoms with Gasteiger partial charge in [0.1, 0.15) is 0 Å². The van der Waals surface area contributed by atoms with Crippen LogP contribution in [0.5, 0.6) is 0 Å². The van der Waals surface area contributed by atoms with Crippen molar-refractivity contribution in [2.75, 3.05) is 6.61 Å². The summed E-state index contributed by atoms with van der Waals surface area (Å²) in [7, 11) is -1.22. The minimum atomic E-state index is -1.22. The summed E-state index contributed by atoms with van der Waals surface area (Å²) in [6, 6.07) is 2.75. The van der Waals surface area contributed by atoms with E-state index in [-0.39, 0.29) is 0 Å². The van der Waals surface area contributed by atoms with Crippen LogP contribution in [0.25, 0.3) is 0 Å². The molecule has 1 heterocycles. The maximum atomic E-state index is 5.96. The van der Waals surface area contributed by atoms with Crippen molar-refractivity contribution in [3.63, 3.8) is 0 Å². The Morgan fingerprint density at radius 3 is 2.85 bits per heavy atom. The normalized spacial score (nSPS) is 28.7. The fourth-order valence-electron chi connectivity index (χ4n) is 1.98. The van der Waals surface area contributed by atoms with Crippen molar-refractivity contribution in [1.82, 2.24) is 0 Å². The van der Waals surface area contributed by atoms with Crippen molar-refractivity contribution >= 4 is 8.32 Å². The number of unbranched alkanes of at least 4 members (excludes halogenated alkanes) is 2. The maximum Gasteiger partial charge on any atom is 0.189 e. The number of allylic oxidation sites excluding steroid dienone is 1. The molecule has 1 aliphatic rings. The quantitative estimate of drug-likeness (QED) is 0.371. The second-order valence-electron chi connectivity index (χ2n) is 4.29. The van der Waals surface area contributed by atoms with Gasteiger partial charge in [0.15, 0.2) is 8.32 Å². The van der Waals surface area contributed by atoms with Gasteiger partial charge in [-0.1, -0.05) is 25.3 Å². The summed E-state index contributed by atoms with van der Waals surface area (Å²) >= 11 is 0. The Morgan fingerprint density at radius 1 is 1.38 bits per heavy atom. The molecule has 2 heteroatoms.